The van der Waals surface area contributed by atoms with Crippen LogP contribution in [0.15, 0.2) is 0 Å². The molecular formula is C10H25NOSi2. The fourth-order valence-electron chi connectivity index (χ4n) is 1.97. The van der Waals surface area contributed by atoms with E-state index in [1.807, 2.05) is 0 Å². The fraction of sp³-hybridized carbons (Fsp3) is 1.00. The molecule has 84 valence electrons. The maximum absolute atomic E-state index is 6.32. The zero-order chi connectivity index (χ0) is 11.0. The highest BCUT2D eigenvalue weighted by Crippen LogP contribution is 2.34. The SMILES string of the molecule is CCC(N)C1CC[Si](C)(C)[Si](C)(C)O1. The standard InChI is InChI=1S/C10H25NOSi2/c1-6-9(11)10-7-8-13(2,3)14(4,5)12-10/h9-10H,6-8,11H2,1-5H3. The van der Waals surface area contributed by atoms with Crippen LogP contribution in [0.1, 0.15) is 19.8 Å². The maximum Gasteiger partial charge on any atom is 0.174 e. The van der Waals surface area contributed by atoms with Crippen LogP contribution in [0.25, 0.3) is 0 Å². The van der Waals surface area contributed by atoms with E-state index in [-0.39, 0.29) is 6.04 Å². The Morgan fingerprint density at radius 3 is 2.36 bits per heavy atom. The number of rotatable bonds is 2. The molecule has 0 aliphatic carbocycles. The van der Waals surface area contributed by atoms with Gasteiger partial charge in [-0.1, -0.05) is 26.1 Å². The minimum absolute atomic E-state index is 0.256. The molecule has 14 heavy (non-hydrogen) atoms. The first-order chi connectivity index (χ1) is 6.30. The molecule has 0 saturated carbocycles. The van der Waals surface area contributed by atoms with Crippen LogP contribution in [-0.2, 0) is 4.43 Å². The Bertz CT molecular complexity index is 206. The molecule has 1 saturated heterocycles. The lowest BCUT2D eigenvalue weighted by Gasteiger charge is -2.47. The largest absolute Gasteiger partial charge is 0.416 e. The van der Waals surface area contributed by atoms with Crippen LogP contribution in [0, 0.1) is 0 Å². The van der Waals surface area contributed by atoms with Crippen molar-refractivity contribution in [3.8, 4) is 0 Å². The molecule has 1 rings (SSSR count). The zero-order valence-electron chi connectivity index (χ0n) is 10.3. The van der Waals surface area contributed by atoms with Gasteiger partial charge in [-0.3, -0.25) is 0 Å². The fourth-order valence-corrected chi connectivity index (χ4v) is 8.59. The zero-order valence-corrected chi connectivity index (χ0v) is 12.3. The van der Waals surface area contributed by atoms with Crippen molar-refractivity contribution in [2.75, 3.05) is 0 Å². The molecule has 2 unspecified atom stereocenters. The highest BCUT2D eigenvalue weighted by atomic mass is 29.3. The van der Waals surface area contributed by atoms with Crippen molar-refractivity contribution in [2.24, 2.45) is 5.73 Å². The summed E-state index contributed by atoms with van der Waals surface area (Å²) >= 11 is 0. The number of nitrogens with two attached hydrogens (primary N) is 1. The predicted molar refractivity (Wildman–Crippen MR) is 67.5 cm³/mol. The summed E-state index contributed by atoms with van der Waals surface area (Å²) in [4.78, 5) is 0. The highest BCUT2D eigenvalue weighted by molar-refractivity contribution is 7.38. The van der Waals surface area contributed by atoms with Gasteiger partial charge in [-0.15, -0.1) is 0 Å². The van der Waals surface area contributed by atoms with E-state index in [4.69, 9.17) is 10.2 Å². The van der Waals surface area contributed by atoms with Crippen LogP contribution >= 0.6 is 0 Å². The Kier molecular flexibility index (Phi) is 3.62. The molecule has 4 heteroatoms. The lowest BCUT2D eigenvalue weighted by molar-refractivity contribution is 0.153. The van der Waals surface area contributed by atoms with E-state index in [9.17, 15) is 0 Å². The van der Waals surface area contributed by atoms with Crippen LogP contribution < -0.4 is 5.73 Å². The second kappa shape index (κ2) is 4.08. The second-order valence-corrected chi connectivity index (χ2v) is 20.9. The summed E-state index contributed by atoms with van der Waals surface area (Å²) in [5.41, 5.74) is 6.07. The Labute approximate surface area is 90.1 Å². The molecule has 2 nitrogen and oxygen atoms in total. The smallest absolute Gasteiger partial charge is 0.174 e. The van der Waals surface area contributed by atoms with Crippen LogP contribution in [0.4, 0.5) is 0 Å². The molecule has 0 aromatic rings. The van der Waals surface area contributed by atoms with Crippen molar-refractivity contribution < 1.29 is 4.43 Å². The van der Waals surface area contributed by atoms with E-state index < -0.39 is 15.4 Å². The first kappa shape index (κ1) is 12.4. The third-order valence-electron chi connectivity index (χ3n) is 4.08. The molecule has 0 radical (unpaired) electrons. The van der Waals surface area contributed by atoms with Gasteiger partial charge >= 0.3 is 0 Å². The maximum atomic E-state index is 6.32. The Hall–Kier alpha value is 0.354. The molecule has 0 aromatic heterocycles. The average Bonchev–Trinajstić information content (AvgIpc) is 2.08. The minimum Gasteiger partial charge on any atom is -0.416 e. The molecule has 0 aromatic carbocycles. The van der Waals surface area contributed by atoms with Crippen molar-refractivity contribution in [3.05, 3.63) is 0 Å². The molecule has 2 atom stereocenters. The molecule has 0 amide bonds. The van der Waals surface area contributed by atoms with E-state index in [0.717, 1.165) is 6.42 Å². The van der Waals surface area contributed by atoms with Gasteiger partial charge < -0.3 is 10.2 Å². The Balaban J connectivity index is 2.68. The molecular weight excluding hydrogens is 206 g/mol. The van der Waals surface area contributed by atoms with E-state index in [2.05, 4.69) is 33.1 Å². The van der Waals surface area contributed by atoms with Crippen molar-refractivity contribution >= 4 is 15.4 Å². The van der Waals surface area contributed by atoms with Gasteiger partial charge in [-0.25, -0.2) is 0 Å². The van der Waals surface area contributed by atoms with E-state index in [0.29, 0.717) is 6.10 Å². The van der Waals surface area contributed by atoms with Gasteiger partial charge in [-0.2, -0.15) is 0 Å². The van der Waals surface area contributed by atoms with Gasteiger partial charge in [-0.05, 0) is 25.9 Å². The first-order valence-electron chi connectivity index (χ1n) is 5.73. The summed E-state index contributed by atoms with van der Waals surface area (Å²) in [6.07, 6.45) is 2.59. The summed E-state index contributed by atoms with van der Waals surface area (Å²) in [5, 5.41) is 0. The summed E-state index contributed by atoms with van der Waals surface area (Å²) in [6, 6.07) is 1.66. The Morgan fingerprint density at radius 1 is 1.36 bits per heavy atom. The van der Waals surface area contributed by atoms with Gasteiger partial charge in [0, 0.05) is 6.04 Å². The Morgan fingerprint density at radius 2 is 1.93 bits per heavy atom. The lowest BCUT2D eigenvalue weighted by Crippen LogP contribution is -2.63. The predicted octanol–water partition coefficient (Wildman–Crippen LogP) is 2.50. The van der Waals surface area contributed by atoms with E-state index >= 15 is 0 Å². The number of hydrogen-bond donors (Lipinski definition) is 1. The van der Waals surface area contributed by atoms with E-state index in [1.165, 1.54) is 12.5 Å². The molecule has 1 fully saturated rings. The van der Waals surface area contributed by atoms with Crippen molar-refractivity contribution in [2.45, 2.75) is 64.1 Å². The topological polar surface area (TPSA) is 35.2 Å². The third-order valence-corrected chi connectivity index (χ3v) is 20.7. The molecule has 2 N–H and O–H groups in total. The minimum atomic E-state index is -1.40. The third kappa shape index (κ3) is 2.29. The summed E-state index contributed by atoms with van der Waals surface area (Å²) in [5.74, 6) is 0. The van der Waals surface area contributed by atoms with Crippen molar-refractivity contribution in [3.63, 3.8) is 0 Å². The summed E-state index contributed by atoms with van der Waals surface area (Å²) in [7, 11) is -2.46. The van der Waals surface area contributed by atoms with Crippen molar-refractivity contribution in [1.29, 1.82) is 0 Å². The van der Waals surface area contributed by atoms with E-state index in [1.54, 1.807) is 0 Å². The van der Waals surface area contributed by atoms with Gasteiger partial charge in [0.25, 0.3) is 0 Å². The van der Waals surface area contributed by atoms with Crippen LogP contribution in [0.5, 0.6) is 0 Å². The second-order valence-electron chi connectivity index (χ2n) is 5.66. The average molecular weight is 231 g/mol. The monoisotopic (exact) mass is 231 g/mol. The number of hydrogen-bond acceptors (Lipinski definition) is 2. The van der Waals surface area contributed by atoms with Crippen molar-refractivity contribution in [1.82, 2.24) is 0 Å². The highest BCUT2D eigenvalue weighted by Gasteiger charge is 2.48. The molecule has 0 bridgehead atoms. The normalized spacial score (nSPS) is 32.6. The lowest BCUT2D eigenvalue weighted by atomic mass is 10.1. The van der Waals surface area contributed by atoms with Gasteiger partial charge in [0.1, 0.15) is 0 Å². The van der Waals surface area contributed by atoms with Gasteiger partial charge in [0.2, 0.25) is 0 Å². The quantitative estimate of drug-likeness (QED) is 0.741. The summed E-state index contributed by atoms with van der Waals surface area (Å²) in [6.45, 7) is 11.9. The van der Waals surface area contributed by atoms with Crippen LogP contribution in [-0.4, -0.2) is 27.6 Å². The van der Waals surface area contributed by atoms with Gasteiger partial charge in [0.15, 0.2) is 7.83 Å². The molecule has 1 aliphatic rings. The van der Waals surface area contributed by atoms with Gasteiger partial charge in [0.05, 0.1) is 13.7 Å². The van der Waals surface area contributed by atoms with Crippen LogP contribution in [0.2, 0.25) is 32.2 Å². The molecule has 0 spiro atoms. The first-order valence-corrected chi connectivity index (χ1v) is 12.8. The molecule has 1 aliphatic heterocycles. The molecule has 1 heterocycles. The van der Waals surface area contributed by atoms with Crippen LogP contribution in [0.3, 0.4) is 0 Å². The summed E-state index contributed by atoms with van der Waals surface area (Å²) < 4.78 is 6.32.